The molecule has 1 aliphatic heterocycles. The van der Waals surface area contributed by atoms with Crippen molar-refractivity contribution in [2.75, 3.05) is 18.6 Å². The van der Waals surface area contributed by atoms with Crippen molar-refractivity contribution in [3.05, 3.63) is 21.9 Å². The van der Waals surface area contributed by atoms with E-state index in [4.69, 9.17) is 0 Å². The normalized spacial score (nSPS) is 19.0. The lowest BCUT2D eigenvalue weighted by molar-refractivity contribution is -0.142. The van der Waals surface area contributed by atoms with Crippen LogP contribution in [-0.4, -0.2) is 46.6 Å². The minimum absolute atomic E-state index is 0.0748. The molecular weight excluding hydrogens is 308 g/mol. The van der Waals surface area contributed by atoms with Crippen LogP contribution >= 0.6 is 23.1 Å². The Morgan fingerprint density at radius 2 is 2.38 bits per heavy atom. The maximum Gasteiger partial charge on any atom is 0.331 e. The number of nitrogens with zero attached hydrogens (tertiary/aromatic N) is 1. The molecule has 2 unspecified atom stereocenters. The molecule has 0 spiro atoms. The monoisotopic (exact) mass is 328 g/mol. The van der Waals surface area contributed by atoms with Crippen molar-refractivity contribution in [3.8, 4) is 0 Å². The van der Waals surface area contributed by atoms with E-state index in [0.717, 1.165) is 29.0 Å². The van der Waals surface area contributed by atoms with Crippen molar-refractivity contribution in [1.29, 1.82) is 0 Å². The van der Waals surface area contributed by atoms with E-state index in [9.17, 15) is 14.7 Å². The molecule has 0 radical (unpaired) electrons. The highest BCUT2D eigenvalue weighted by atomic mass is 32.2. The number of nitrogens with one attached hydrogen (secondary N) is 1. The third-order valence-corrected chi connectivity index (χ3v) is 5.38. The van der Waals surface area contributed by atoms with Gasteiger partial charge < -0.3 is 15.3 Å². The summed E-state index contributed by atoms with van der Waals surface area (Å²) in [4.78, 5) is 26.5. The number of amides is 2. The van der Waals surface area contributed by atoms with Gasteiger partial charge >= 0.3 is 12.0 Å². The summed E-state index contributed by atoms with van der Waals surface area (Å²) >= 11 is 3.23. The second-order valence-corrected chi connectivity index (χ2v) is 6.90. The fourth-order valence-electron chi connectivity index (χ4n) is 2.52. The average molecular weight is 328 g/mol. The Morgan fingerprint density at radius 1 is 1.62 bits per heavy atom. The van der Waals surface area contributed by atoms with Crippen molar-refractivity contribution >= 4 is 35.1 Å². The van der Waals surface area contributed by atoms with E-state index < -0.39 is 12.0 Å². The number of rotatable bonds is 5. The molecule has 21 heavy (non-hydrogen) atoms. The van der Waals surface area contributed by atoms with Crippen LogP contribution in [0.15, 0.2) is 11.4 Å². The standard InChI is InChI=1S/C14H20N2O3S2/c1-3-9(8-20-2)15-14(19)16-6-4-11-10(5-7-21-11)12(16)13(17)18/h5,7,9,12H,3-4,6,8H2,1-2H3,(H,15,19)(H,17,18). The quantitative estimate of drug-likeness (QED) is 0.871. The molecule has 116 valence electrons. The fourth-order valence-corrected chi connectivity index (χ4v) is 4.15. The Kier molecular flexibility index (Phi) is 5.52. The highest BCUT2D eigenvalue weighted by Crippen LogP contribution is 2.33. The summed E-state index contributed by atoms with van der Waals surface area (Å²) in [7, 11) is 0. The third-order valence-electron chi connectivity index (χ3n) is 3.65. The van der Waals surface area contributed by atoms with Crippen LogP contribution in [0.4, 0.5) is 4.79 Å². The van der Waals surface area contributed by atoms with Crippen molar-refractivity contribution in [2.45, 2.75) is 31.8 Å². The number of urea groups is 1. The number of fused-ring (bicyclic) bond motifs is 1. The van der Waals surface area contributed by atoms with Crippen molar-refractivity contribution < 1.29 is 14.7 Å². The second-order valence-electron chi connectivity index (χ2n) is 4.99. The lowest BCUT2D eigenvalue weighted by atomic mass is 10.0. The van der Waals surface area contributed by atoms with Crippen molar-refractivity contribution in [2.24, 2.45) is 0 Å². The first-order valence-corrected chi connectivity index (χ1v) is 9.21. The predicted octanol–water partition coefficient (Wildman–Crippen LogP) is 2.58. The van der Waals surface area contributed by atoms with Crippen LogP contribution in [0.25, 0.3) is 0 Å². The minimum atomic E-state index is -0.970. The molecule has 0 aliphatic carbocycles. The molecule has 2 atom stereocenters. The van der Waals surface area contributed by atoms with E-state index >= 15 is 0 Å². The van der Waals surface area contributed by atoms with Crippen LogP contribution in [0.3, 0.4) is 0 Å². The van der Waals surface area contributed by atoms with Gasteiger partial charge in [-0.25, -0.2) is 9.59 Å². The molecule has 0 aromatic carbocycles. The number of hydrogen-bond donors (Lipinski definition) is 2. The molecule has 2 heterocycles. The van der Waals surface area contributed by atoms with Gasteiger partial charge in [-0.3, -0.25) is 0 Å². The number of carboxylic acids is 1. The molecule has 2 amide bonds. The van der Waals surface area contributed by atoms with Gasteiger partial charge in [0.1, 0.15) is 0 Å². The molecule has 0 saturated carbocycles. The number of carbonyl (C=O) groups is 2. The SMILES string of the molecule is CCC(CSC)NC(=O)N1CCc2sccc2C1C(=O)O. The van der Waals surface area contributed by atoms with Crippen LogP contribution < -0.4 is 5.32 Å². The van der Waals surface area contributed by atoms with E-state index in [1.165, 1.54) is 4.90 Å². The van der Waals surface area contributed by atoms with Crippen LogP contribution in [-0.2, 0) is 11.2 Å². The summed E-state index contributed by atoms with van der Waals surface area (Å²) in [6, 6.07) is 0.745. The summed E-state index contributed by atoms with van der Waals surface area (Å²) < 4.78 is 0. The number of carbonyl (C=O) groups excluding carboxylic acids is 1. The smallest absolute Gasteiger partial charge is 0.331 e. The molecule has 1 aromatic heterocycles. The van der Waals surface area contributed by atoms with Gasteiger partial charge in [0.15, 0.2) is 6.04 Å². The minimum Gasteiger partial charge on any atom is -0.479 e. The highest BCUT2D eigenvalue weighted by molar-refractivity contribution is 7.98. The zero-order valence-corrected chi connectivity index (χ0v) is 13.8. The molecule has 2 rings (SSSR count). The molecular formula is C14H20N2O3S2. The topological polar surface area (TPSA) is 69.6 Å². The van der Waals surface area contributed by atoms with E-state index in [1.807, 2.05) is 24.6 Å². The van der Waals surface area contributed by atoms with E-state index in [-0.39, 0.29) is 12.1 Å². The number of carboxylic acid groups (broad SMARTS) is 1. The van der Waals surface area contributed by atoms with Crippen LogP contribution in [0.5, 0.6) is 0 Å². The average Bonchev–Trinajstić information content (AvgIpc) is 2.93. The molecule has 0 fully saturated rings. The molecule has 2 N–H and O–H groups in total. The lowest BCUT2D eigenvalue weighted by Gasteiger charge is -2.34. The first kappa shape index (κ1) is 16.2. The Balaban J connectivity index is 2.15. The number of hydrogen-bond acceptors (Lipinski definition) is 4. The van der Waals surface area contributed by atoms with Gasteiger partial charge in [0, 0.05) is 23.2 Å². The summed E-state index contributed by atoms with van der Waals surface area (Å²) in [6.07, 6.45) is 3.55. The summed E-state index contributed by atoms with van der Waals surface area (Å²) in [5.41, 5.74) is 0.756. The molecule has 0 saturated heterocycles. The first-order valence-electron chi connectivity index (χ1n) is 6.93. The maximum atomic E-state index is 12.4. The summed E-state index contributed by atoms with van der Waals surface area (Å²) in [5, 5.41) is 14.3. The lowest BCUT2D eigenvalue weighted by Crippen LogP contribution is -2.50. The van der Waals surface area contributed by atoms with Gasteiger partial charge in [-0.1, -0.05) is 6.92 Å². The van der Waals surface area contributed by atoms with Gasteiger partial charge in [-0.05, 0) is 36.1 Å². The van der Waals surface area contributed by atoms with Gasteiger partial charge in [0.2, 0.25) is 0 Å². The number of thiophene rings is 1. The Morgan fingerprint density at radius 3 is 3.00 bits per heavy atom. The first-order chi connectivity index (χ1) is 10.1. The van der Waals surface area contributed by atoms with E-state index in [0.29, 0.717) is 6.54 Å². The molecule has 5 nitrogen and oxygen atoms in total. The fraction of sp³-hybridized carbons (Fsp3) is 0.571. The van der Waals surface area contributed by atoms with Gasteiger partial charge in [-0.2, -0.15) is 11.8 Å². The van der Waals surface area contributed by atoms with Gasteiger partial charge in [-0.15, -0.1) is 11.3 Å². The number of thioether (sulfide) groups is 1. The van der Waals surface area contributed by atoms with E-state index in [2.05, 4.69) is 5.32 Å². The van der Waals surface area contributed by atoms with Crippen LogP contribution in [0.2, 0.25) is 0 Å². The Hall–Kier alpha value is -1.21. The maximum absolute atomic E-state index is 12.4. The summed E-state index contributed by atoms with van der Waals surface area (Å²) in [6.45, 7) is 2.47. The van der Waals surface area contributed by atoms with E-state index in [1.54, 1.807) is 23.1 Å². The van der Waals surface area contributed by atoms with Crippen molar-refractivity contribution in [3.63, 3.8) is 0 Å². The molecule has 7 heteroatoms. The van der Waals surface area contributed by atoms with Crippen molar-refractivity contribution in [1.82, 2.24) is 10.2 Å². The largest absolute Gasteiger partial charge is 0.479 e. The highest BCUT2D eigenvalue weighted by Gasteiger charge is 2.36. The Bertz CT molecular complexity index is 518. The van der Waals surface area contributed by atoms with Gasteiger partial charge in [0.25, 0.3) is 0 Å². The molecule has 0 bridgehead atoms. The van der Waals surface area contributed by atoms with Gasteiger partial charge in [0.05, 0.1) is 0 Å². The van der Waals surface area contributed by atoms with Crippen LogP contribution in [0, 0.1) is 0 Å². The number of aliphatic carboxylic acids is 1. The van der Waals surface area contributed by atoms with Crippen LogP contribution in [0.1, 0.15) is 29.8 Å². The Labute approximate surface area is 132 Å². The third kappa shape index (κ3) is 3.52. The predicted molar refractivity (Wildman–Crippen MR) is 86.1 cm³/mol. The molecule has 1 aliphatic rings. The molecule has 1 aromatic rings. The second kappa shape index (κ2) is 7.17. The summed E-state index contributed by atoms with van der Waals surface area (Å²) in [5.74, 6) is -0.139. The zero-order chi connectivity index (χ0) is 15.4. The zero-order valence-electron chi connectivity index (χ0n) is 12.2.